The predicted molar refractivity (Wildman–Crippen MR) is 105 cm³/mol. The lowest BCUT2D eigenvalue weighted by atomic mass is 10.1. The molecule has 0 radical (unpaired) electrons. The molecule has 0 aliphatic rings. The molecule has 0 spiro atoms. The highest BCUT2D eigenvalue weighted by atomic mass is 32.2. The molecule has 2 aromatic carbocycles. The van der Waals surface area contributed by atoms with Crippen molar-refractivity contribution in [2.75, 3.05) is 12.3 Å². The Bertz CT molecular complexity index is 1060. The molecule has 0 aromatic heterocycles. The maximum atomic E-state index is 12.7. The van der Waals surface area contributed by atoms with Crippen LogP contribution in [0.25, 0.3) is 0 Å². The Balaban J connectivity index is 2.16. The molecule has 0 heterocycles. The number of benzene rings is 2. The van der Waals surface area contributed by atoms with Crippen LogP contribution in [-0.4, -0.2) is 38.6 Å². The molecular formula is C20H18F3N3O4S. The second-order valence-corrected chi connectivity index (χ2v) is 8.63. The van der Waals surface area contributed by atoms with Crippen molar-refractivity contribution in [3.8, 4) is 6.07 Å². The van der Waals surface area contributed by atoms with Gasteiger partial charge in [-0.3, -0.25) is 9.59 Å². The Hall–Kier alpha value is -3.39. The molecule has 164 valence electrons. The number of carbonyl (C=O) groups is 2. The molecule has 7 nitrogen and oxygen atoms in total. The minimum atomic E-state index is -4.55. The van der Waals surface area contributed by atoms with Crippen LogP contribution in [0.3, 0.4) is 0 Å². The summed E-state index contributed by atoms with van der Waals surface area (Å²) in [6.07, 6.45) is -4.55. The number of amides is 2. The fourth-order valence-electron chi connectivity index (χ4n) is 2.62. The molecule has 31 heavy (non-hydrogen) atoms. The average Bonchev–Trinajstić information content (AvgIpc) is 2.71. The molecule has 2 amide bonds. The SMILES string of the molecule is N#CCNC(=O)[C@H](CS(=O)(=O)Cc1ccc(C(F)(F)F)cc1)NC(=O)c1ccccc1. The molecule has 2 N–H and O–H groups in total. The van der Waals surface area contributed by atoms with Crippen LogP contribution in [0.2, 0.25) is 0 Å². The van der Waals surface area contributed by atoms with Gasteiger partial charge in [-0.25, -0.2) is 8.42 Å². The van der Waals surface area contributed by atoms with Crippen molar-refractivity contribution >= 4 is 21.7 Å². The van der Waals surface area contributed by atoms with E-state index in [2.05, 4.69) is 10.6 Å². The number of alkyl halides is 3. The van der Waals surface area contributed by atoms with Gasteiger partial charge in [0.15, 0.2) is 9.84 Å². The molecule has 0 unspecified atom stereocenters. The summed E-state index contributed by atoms with van der Waals surface area (Å²) >= 11 is 0. The standard InChI is InChI=1S/C20H18F3N3O4S/c21-20(22,23)16-8-6-14(7-9-16)12-31(29,30)13-17(19(28)25-11-10-24)26-18(27)15-4-2-1-3-5-15/h1-9,17H,11-13H2,(H,25,28)(H,26,27)/t17-/m0/s1. The van der Waals surface area contributed by atoms with Crippen LogP contribution in [0.1, 0.15) is 21.5 Å². The zero-order valence-electron chi connectivity index (χ0n) is 16.0. The number of rotatable bonds is 8. The predicted octanol–water partition coefficient (Wildman–Crippen LogP) is 2.06. The van der Waals surface area contributed by atoms with Crippen LogP contribution in [0.5, 0.6) is 0 Å². The van der Waals surface area contributed by atoms with E-state index in [1.807, 2.05) is 0 Å². The van der Waals surface area contributed by atoms with Crippen molar-refractivity contribution in [3.05, 3.63) is 71.3 Å². The van der Waals surface area contributed by atoms with Crippen LogP contribution in [0.4, 0.5) is 13.2 Å². The number of sulfone groups is 1. The first kappa shape index (κ1) is 23.9. The highest BCUT2D eigenvalue weighted by Gasteiger charge is 2.31. The monoisotopic (exact) mass is 453 g/mol. The van der Waals surface area contributed by atoms with Crippen molar-refractivity contribution in [2.24, 2.45) is 0 Å². The van der Waals surface area contributed by atoms with E-state index in [0.29, 0.717) is 0 Å². The highest BCUT2D eigenvalue weighted by Crippen LogP contribution is 2.29. The first-order valence-electron chi connectivity index (χ1n) is 8.89. The van der Waals surface area contributed by atoms with Gasteiger partial charge >= 0.3 is 6.18 Å². The summed E-state index contributed by atoms with van der Waals surface area (Å²) in [7, 11) is -4.02. The number of nitriles is 1. The molecule has 11 heteroatoms. The van der Waals surface area contributed by atoms with E-state index in [9.17, 15) is 31.2 Å². The summed E-state index contributed by atoms with van der Waals surface area (Å²) in [6.45, 7) is -0.393. The lowest BCUT2D eigenvalue weighted by Gasteiger charge is -2.18. The zero-order valence-corrected chi connectivity index (χ0v) is 16.8. The zero-order chi connectivity index (χ0) is 23.1. The Morgan fingerprint density at radius 2 is 1.65 bits per heavy atom. The average molecular weight is 453 g/mol. The molecule has 2 aromatic rings. The van der Waals surface area contributed by atoms with Gasteiger partial charge in [-0.2, -0.15) is 18.4 Å². The quantitative estimate of drug-likeness (QED) is 0.594. The Kier molecular flexibility index (Phi) is 7.77. The molecule has 0 saturated heterocycles. The number of hydrogen-bond donors (Lipinski definition) is 2. The van der Waals surface area contributed by atoms with Crippen LogP contribution in [-0.2, 0) is 26.6 Å². The fraction of sp³-hybridized carbons (Fsp3) is 0.250. The summed E-state index contributed by atoms with van der Waals surface area (Å²) in [4.78, 5) is 24.6. The van der Waals surface area contributed by atoms with E-state index < -0.39 is 57.5 Å². The van der Waals surface area contributed by atoms with Crippen molar-refractivity contribution in [2.45, 2.75) is 18.0 Å². The lowest BCUT2D eigenvalue weighted by Crippen LogP contribution is -2.50. The maximum absolute atomic E-state index is 12.7. The van der Waals surface area contributed by atoms with Crippen LogP contribution in [0, 0.1) is 11.3 Å². The Morgan fingerprint density at radius 1 is 1.03 bits per heavy atom. The molecule has 0 aliphatic heterocycles. The summed E-state index contributed by atoms with van der Waals surface area (Å²) in [5.41, 5.74) is -0.628. The highest BCUT2D eigenvalue weighted by molar-refractivity contribution is 7.90. The van der Waals surface area contributed by atoms with Crippen LogP contribution < -0.4 is 10.6 Å². The van der Waals surface area contributed by atoms with E-state index in [-0.39, 0.29) is 11.1 Å². The van der Waals surface area contributed by atoms with Crippen LogP contribution in [0.15, 0.2) is 54.6 Å². The first-order chi connectivity index (χ1) is 14.5. The summed E-state index contributed by atoms with van der Waals surface area (Å²) in [6, 6.07) is 11.5. The largest absolute Gasteiger partial charge is 0.416 e. The number of halogens is 3. The van der Waals surface area contributed by atoms with Gasteiger partial charge in [0.25, 0.3) is 5.91 Å². The number of nitrogens with one attached hydrogen (secondary N) is 2. The lowest BCUT2D eigenvalue weighted by molar-refractivity contribution is -0.137. The van der Waals surface area contributed by atoms with Crippen molar-refractivity contribution < 1.29 is 31.2 Å². The summed E-state index contributed by atoms with van der Waals surface area (Å²) in [5, 5.41) is 13.1. The number of carbonyl (C=O) groups excluding carboxylic acids is 2. The first-order valence-corrected chi connectivity index (χ1v) is 10.7. The molecule has 0 saturated carbocycles. The van der Waals surface area contributed by atoms with Crippen molar-refractivity contribution in [1.82, 2.24) is 10.6 Å². The van der Waals surface area contributed by atoms with E-state index in [1.165, 1.54) is 12.1 Å². The number of hydrogen-bond acceptors (Lipinski definition) is 5. The van der Waals surface area contributed by atoms with Crippen LogP contribution >= 0.6 is 0 Å². The van der Waals surface area contributed by atoms with Gasteiger partial charge in [0, 0.05) is 5.56 Å². The molecule has 0 fully saturated rings. The second-order valence-electron chi connectivity index (χ2n) is 6.52. The third-order valence-corrected chi connectivity index (χ3v) is 5.70. The maximum Gasteiger partial charge on any atom is 0.416 e. The summed E-state index contributed by atoms with van der Waals surface area (Å²) in [5.74, 6) is -3.00. The molecule has 1 atom stereocenters. The van der Waals surface area contributed by atoms with Gasteiger partial charge in [-0.1, -0.05) is 30.3 Å². The topological polar surface area (TPSA) is 116 Å². The van der Waals surface area contributed by atoms with Gasteiger partial charge in [-0.05, 0) is 29.8 Å². The third-order valence-electron chi connectivity index (χ3n) is 4.09. The van der Waals surface area contributed by atoms with Crippen molar-refractivity contribution in [1.29, 1.82) is 5.26 Å². The normalized spacial score (nSPS) is 12.5. The van der Waals surface area contributed by atoms with E-state index in [0.717, 1.165) is 24.3 Å². The molecule has 0 aliphatic carbocycles. The van der Waals surface area contributed by atoms with E-state index in [4.69, 9.17) is 5.26 Å². The third kappa shape index (κ3) is 7.42. The molecule has 2 rings (SSSR count). The van der Waals surface area contributed by atoms with Gasteiger partial charge in [-0.15, -0.1) is 0 Å². The van der Waals surface area contributed by atoms with Gasteiger partial charge in [0.05, 0.1) is 23.1 Å². The minimum absolute atomic E-state index is 0.0959. The van der Waals surface area contributed by atoms with Gasteiger partial charge in [0.2, 0.25) is 5.91 Å². The second kappa shape index (κ2) is 10.1. The van der Waals surface area contributed by atoms with Crippen molar-refractivity contribution in [3.63, 3.8) is 0 Å². The summed E-state index contributed by atoms with van der Waals surface area (Å²) < 4.78 is 63.1. The Labute approximate surface area is 176 Å². The van der Waals surface area contributed by atoms with E-state index in [1.54, 1.807) is 24.3 Å². The molecular weight excluding hydrogens is 435 g/mol. The minimum Gasteiger partial charge on any atom is -0.341 e. The van der Waals surface area contributed by atoms with E-state index >= 15 is 0 Å². The molecule has 0 bridgehead atoms. The number of nitrogens with zero attached hydrogens (tertiary/aromatic N) is 1. The fourth-order valence-corrected chi connectivity index (χ4v) is 4.18. The van der Waals surface area contributed by atoms with Gasteiger partial charge in [0.1, 0.15) is 12.6 Å². The Morgan fingerprint density at radius 3 is 2.19 bits per heavy atom. The van der Waals surface area contributed by atoms with Gasteiger partial charge < -0.3 is 10.6 Å². The smallest absolute Gasteiger partial charge is 0.341 e.